The second kappa shape index (κ2) is 5.48. The maximum absolute atomic E-state index is 10.6. The van der Waals surface area contributed by atoms with Gasteiger partial charge in [-0.3, -0.25) is 4.90 Å². The summed E-state index contributed by atoms with van der Waals surface area (Å²) in [5, 5.41) is 12.7. The van der Waals surface area contributed by atoms with Crippen molar-refractivity contribution in [1.29, 1.82) is 0 Å². The Kier molecular flexibility index (Phi) is 4.20. The fraction of sp³-hybridized carbons (Fsp3) is 0.692. The molecule has 0 radical (unpaired) electrons. The summed E-state index contributed by atoms with van der Waals surface area (Å²) >= 11 is 1.78. The van der Waals surface area contributed by atoms with Gasteiger partial charge in [-0.2, -0.15) is 0 Å². The number of likely N-dealkylation sites (N-methyl/N-ethyl adjacent to an activating group) is 2. The van der Waals surface area contributed by atoms with Crippen LogP contribution in [0, 0.1) is 0 Å². The number of piperidine rings is 1. The Balaban J connectivity index is 1.86. The maximum Gasteiger partial charge on any atom is 0.0900 e. The lowest BCUT2D eigenvalue weighted by Gasteiger charge is -2.39. The van der Waals surface area contributed by atoms with E-state index in [1.54, 1.807) is 11.3 Å². The van der Waals surface area contributed by atoms with Crippen molar-refractivity contribution < 1.29 is 5.11 Å². The Morgan fingerprint density at radius 3 is 3.06 bits per heavy atom. The zero-order valence-electron chi connectivity index (χ0n) is 10.7. The molecule has 1 saturated heterocycles. The Morgan fingerprint density at radius 1 is 1.59 bits per heavy atom. The molecule has 0 spiro atoms. The minimum absolute atomic E-state index is 0.529. The molecule has 0 amide bonds. The Hall–Kier alpha value is -0.420. The van der Waals surface area contributed by atoms with E-state index < -0.39 is 5.60 Å². The highest BCUT2D eigenvalue weighted by atomic mass is 32.1. The van der Waals surface area contributed by atoms with Crippen LogP contribution in [-0.2, 0) is 6.54 Å². The molecule has 1 aromatic heterocycles. The van der Waals surface area contributed by atoms with Crippen molar-refractivity contribution >= 4 is 11.3 Å². The summed E-state index contributed by atoms with van der Waals surface area (Å²) in [4.78, 5) is 5.81. The van der Waals surface area contributed by atoms with Gasteiger partial charge in [0.25, 0.3) is 0 Å². The second-order valence-corrected chi connectivity index (χ2v) is 6.35. The molecule has 1 atom stereocenters. The minimum atomic E-state index is -0.529. The number of nitrogens with zero attached hydrogens (tertiary/aromatic N) is 2. The summed E-state index contributed by atoms with van der Waals surface area (Å²) in [5.74, 6) is 0. The minimum Gasteiger partial charge on any atom is -0.387 e. The van der Waals surface area contributed by atoms with Crippen molar-refractivity contribution in [3.05, 3.63) is 22.4 Å². The first-order chi connectivity index (χ1) is 8.07. The molecule has 0 aromatic carbocycles. The molecule has 1 unspecified atom stereocenters. The third-order valence-corrected chi connectivity index (χ3v) is 4.18. The summed E-state index contributed by atoms with van der Waals surface area (Å²) in [6.45, 7) is 3.59. The topological polar surface area (TPSA) is 26.7 Å². The summed E-state index contributed by atoms with van der Waals surface area (Å²) in [5.41, 5.74) is -0.529. The van der Waals surface area contributed by atoms with E-state index in [9.17, 15) is 5.11 Å². The van der Waals surface area contributed by atoms with Gasteiger partial charge in [0, 0.05) is 24.5 Å². The fourth-order valence-electron chi connectivity index (χ4n) is 2.69. The monoisotopic (exact) mass is 254 g/mol. The quantitative estimate of drug-likeness (QED) is 0.885. The molecule has 1 aliphatic heterocycles. The van der Waals surface area contributed by atoms with Crippen molar-refractivity contribution in [1.82, 2.24) is 9.80 Å². The molecule has 96 valence electrons. The van der Waals surface area contributed by atoms with Crippen molar-refractivity contribution in [3.63, 3.8) is 0 Å². The SMILES string of the molecule is CN1CCCC(O)(CN(C)Cc2cccs2)C1. The molecule has 0 bridgehead atoms. The van der Waals surface area contributed by atoms with Crippen LogP contribution in [0.15, 0.2) is 17.5 Å². The van der Waals surface area contributed by atoms with Gasteiger partial charge in [0.15, 0.2) is 0 Å². The molecule has 0 aliphatic carbocycles. The van der Waals surface area contributed by atoms with Crippen LogP contribution < -0.4 is 0 Å². The Morgan fingerprint density at radius 2 is 2.41 bits per heavy atom. The largest absolute Gasteiger partial charge is 0.387 e. The molecule has 17 heavy (non-hydrogen) atoms. The van der Waals surface area contributed by atoms with Crippen LogP contribution in [0.1, 0.15) is 17.7 Å². The summed E-state index contributed by atoms with van der Waals surface area (Å²) in [6.07, 6.45) is 2.02. The first-order valence-electron chi connectivity index (χ1n) is 6.19. The van der Waals surface area contributed by atoms with Crippen LogP contribution in [0.25, 0.3) is 0 Å². The summed E-state index contributed by atoms with van der Waals surface area (Å²) in [7, 11) is 4.18. The average molecular weight is 254 g/mol. The number of hydrogen-bond acceptors (Lipinski definition) is 4. The first-order valence-corrected chi connectivity index (χ1v) is 7.07. The highest BCUT2D eigenvalue weighted by Crippen LogP contribution is 2.22. The molecule has 1 aliphatic rings. The highest BCUT2D eigenvalue weighted by molar-refractivity contribution is 7.09. The van der Waals surface area contributed by atoms with Crippen LogP contribution in [0.3, 0.4) is 0 Å². The molecule has 1 N–H and O–H groups in total. The standard InChI is InChI=1S/C13H22N2OS/c1-14-7-4-6-13(16,10-14)11-15(2)9-12-5-3-8-17-12/h3,5,8,16H,4,6-7,9-11H2,1-2H3. The van der Waals surface area contributed by atoms with Crippen LogP contribution in [0.4, 0.5) is 0 Å². The number of rotatable bonds is 4. The lowest BCUT2D eigenvalue weighted by atomic mass is 9.92. The molecule has 2 heterocycles. The highest BCUT2D eigenvalue weighted by Gasteiger charge is 2.32. The number of hydrogen-bond donors (Lipinski definition) is 1. The van der Waals surface area contributed by atoms with Crippen LogP contribution in [0.5, 0.6) is 0 Å². The first kappa shape index (κ1) is 13.0. The number of β-amino-alcohol motifs (C(OH)–C–C–N with tert-alkyl or cyclic N) is 1. The van der Waals surface area contributed by atoms with Crippen molar-refractivity contribution in [3.8, 4) is 0 Å². The molecular weight excluding hydrogens is 232 g/mol. The van der Waals surface area contributed by atoms with E-state index in [-0.39, 0.29) is 0 Å². The van der Waals surface area contributed by atoms with Crippen molar-refractivity contribution in [2.75, 3.05) is 33.7 Å². The summed E-state index contributed by atoms with van der Waals surface area (Å²) in [6, 6.07) is 4.23. The molecule has 1 fully saturated rings. The lowest BCUT2D eigenvalue weighted by molar-refractivity contribution is -0.0439. The van der Waals surface area contributed by atoms with E-state index in [1.165, 1.54) is 4.88 Å². The third-order valence-electron chi connectivity index (χ3n) is 3.32. The van der Waals surface area contributed by atoms with E-state index in [4.69, 9.17) is 0 Å². The van der Waals surface area contributed by atoms with Crippen molar-refractivity contribution in [2.24, 2.45) is 0 Å². The predicted molar refractivity (Wildman–Crippen MR) is 72.3 cm³/mol. The normalized spacial score (nSPS) is 26.6. The van der Waals surface area contributed by atoms with Gasteiger partial charge in [-0.15, -0.1) is 11.3 Å². The molecular formula is C13H22N2OS. The fourth-order valence-corrected chi connectivity index (χ4v) is 3.48. The molecule has 4 heteroatoms. The van der Waals surface area contributed by atoms with E-state index in [1.807, 2.05) is 0 Å². The van der Waals surface area contributed by atoms with Crippen molar-refractivity contribution in [2.45, 2.75) is 25.0 Å². The molecule has 3 nitrogen and oxygen atoms in total. The van der Waals surface area contributed by atoms with E-state index in [2.05, 4.69) is 41.4 Å². The zero-order chi connectivity index (χ0) is 12.3. The van der Waals surface area contributed by atoms with Gasteiger partial charge < -0.3 is 10.0 Å². The van der Waals surface area contributed by atoms with Crippen LogP contribution in [-0.4, -0.2) is 54.2 Å². The number of thiophene rings is 1. The average Bonchev–Trinajstić information content (AvgIpc) is 2.68. The molecule has 1 aromatic rings. The van der Waals surface area contributed by atoms with E-state index in [0.29, 0.717) is 0 Å². The second-order valence-electron chi connectivity index (χ2n) is 5.32. The van der Waals surface area contributed by atoms with E-state index in [0.717, 1.165) is 39.0 Å². The number of aliphatic hydroxyl groups is 1. The maximum atomic E-state index is 10.6. The third kappa shape index (κ3) is 3.78. The zero-order valence-corrected chi connectivity index (χ0v) is 11.5. The van der Waals surface area contributed by atoms with E-state index >= 15 is 0 Å². The smallest absolute Gasteiger partial charge is 0.0900 e. The number of likely N-dealkylation sites (tertiary alicyclic amines) is 1. The van der Waals surface area contributed by atoms with Crippen LogP contribution in [0.2, 0.25) is 0 Å². The molecule has 2 rings (SSSR count). The van der Waals surface area contributed by atoms with Gasteiger partial charge in [0.1, 0.15) is 0 Å². The van der Waals surface area contributed by atoms with Gasteiger partial charge in [0.2, 0.25) is 0 Å². The van der Waals surface area contributed by atoms with Gasteiger partial charge >= 0.3 is 0 Å². The Bertz CT molecular complexity index is 341. The van der Waals surface area contributed by atoms with Gasteiger partial charge in [-0.25, -0.2) is 0 Å². The summed E-state index contributed by atoms with van der Waals surface area (Å²) < 4.78 is 0. The Labute approximate surface area is 108 Å². The molecule has 0 saturated carbocycles. The van der Waals surface area contributed by atoms with Gasteiger partial charge in [-0.1, -0.05) is 6.07 Å². The van der Waals surface area contributed by atoms with Crippen LogP contribution >= 0.6 is 11.3 Å². The van der Waals surface area contributed by atoms with Gasteiger partial charge in [-0.05, 0) is 44.9 Å². The van der Waals surface area contributed by atoms with Gasteiger partial charge in [0.05, 0.1) is 5.60 Å². The lowest BCUT2D eigenvalue weighted by Crippen LogP contribution is -2.52. The predicted octanol–water partition coefficient (Wildman–Crippen LogP) is 1.64.